The highest BCUT2D eigenvalue weighted by molar-refractivity contribution is 7.92. The summed E-state index contributed by atoms with van der Waals surface area (Å²) in [6.45, 7) is 6.76. The van der Waals surface area contributed by atoms with Crippen LogP contribution in [-0.4, -0.2) is 43.8 Å². The van der Waals surface area contributed by atoms with E-state index in [0.717, 1.165) is 16.3 Å². The second-order valence-electron chi connectivity index (χ2n) is 9.40. The maximum absolute atomic E-state index is 14.0. The van der Waals surface area contributed by atoms with Crippen molar-refractivity contribution in [2.75, 3.05) is 10.8 Å². The number of amides is 2. The fraction of sp³-hybridized carbons (Fsp3) is 0.310. The van der Waals surface area contributed by atoms with E-state index >= 15 is 0 Å². The lowest BCUT2D eigenvalue weighted by molar-refractivity contribution is -0.139. The Morgan fingerprint density at radius 1 is 0.923 bits per heavy atom. The van der Waals surface area contributed by atoms with Crippen LogP contribution >= 0.6 is 23.2 Å². The molecule has 0 radical (unpaired) electrons. The fourth-order valence-electron chi connectivity index (χ4n) is 3.92. The number of carbonyl (C=O) groups is 2. The zero-order valence-electron chi connectivity index (χ0n) is 22.4. The van der Waals surface area contributed by atoms with Crippen LogP contribution in [0.4, 0.5) is 5.69 Å². The first kappa shape index (κ1) is 30.5. The molecular weight excluding hydrogens is 557 g/mol. The molecule has 0 aliphatic carbocycles. The summed E-state index contributed by atoms with van der Waals surface area (Å²) < 4.78 is 28.8. The topological polar surface area (TPSA) is 86.8 Å². The van der Waals surface area contributed by atoms with Crippen molar-refractivity contribution in [3.63, 3.8) is 0 Å². The third-order valence-electron chi connectivity index (χ3n) is 6.48. The smallest absolute Gasteiger partial charge is 0.264 e. The summed E-state index contributed by atoms with van der Waals surface area (Å²) >= 11 is 12.3. The molecule has 0 aliphatic rings. The van der Waals surface area contributed by atoms with E-state index in [1.165, 1.54) is 23.1 Å². The Morgan fingerprint density at radius 3 is 2.15 bits per heavy atom. The van der Waals surface area contributed by atoms with Crippen LogP contribution in [0.2, 0.25) is 10.0 Å². The van der Waals surface area contributed by atoms with Crippen LogP contribution in [0.15, 0.2) is 77.7 Å². The molecule has 0 unspecified atom stereocenters. The maximum atomic E-state index is 14.0. The molecule has 0 saturated carbocycles. The molecule has 1 N–H and O–H groups in total. The molecule has 3 aromatic carbocycles. The van der Waals surface area contributed by atoms with E-state index in [2.05, 4.69) is 5.32 Å². The fourth-order valence-corrected chi connectivity index (χ4v) is 5.70. The normalized spacial score (nSPS) is 12.9. The average Bonchev–Trinajstić information content (AvgIpc) is 2.92. The van der Waals surface area contributed by atoms with Crippen molar-refractivity contribution in [2.45, 2.75) is 57.6 Å². The highest BCUT2D eigenvalue weighted by Crippen LogP contribution is 2.30. The number of anilines is 1. The lowest BCUT2D eigenvalue weighted by Crippen LogP contribution is -2.52. The highest BCUT2D eigenvalue weighted by atomic mass is 35.5. The van der Waals surface area contributed by atoms with Crippen LogP contribution in [0.5, 0.6) is 0 Å². The van der Waals surface area contributed by atoms with Gasteiger partial charge in [0, 0.05) is 22.6 Å². The molecule has 0 fully saturated rings. The Balaban J connectivity index is 2.05. The van der Waals surface area contributed by atoms with Gasteiger partial charge in [-0.1, -0.05) is 66.5 Å². The Labute approximate surface area is 240 Å². The molecule has 3 rings (SSSR count). The summed E-state index contributed by atoms with van der Waals surface area (Å²) in [5, 5.41) is 3.78. The minimum atomic E-state index is -4.16. The van der Waals surface area contributed by atoms with Crippen LogP contribution in [0, 0.1) is 6.92 Å². The summed E-state index contributed by atoms with van der Waals surface area (Å²) in [6, 6.07) is 18.7. The summed E-state index contributed by atoms with van der Waals surface area (Å²) in [6.07, 6.45) is 0.723. The van der Waals surface area contributed by atoms with E-state index in [0.29, 0.717) is 15.6 Å². The molecule has 2 atom stereocenters. The zero-order valence-corrected chi connectivity index (χ0v) is 24.7. The van der Waals surface area contributed by atoms with E-state index < -0.39 is 28.5 Å². The van der Waals surface area contributed by atoms with Crippen molar-refractivity contribution in [3.8, 4) is 0 Å². The zero-order chi connectivity index (χ0) is 28.7. The van der Waals surface area contributed by atoms with Gasteiger partial charge in [-0.2, -0.15) is 0 Å². The number of benzene rings is 3. The molecule has 7 nitrogen and oxygen atoms in total. The van der Waals surface area contributed by atoms with E-state index in [1.54, 1.807) is 68.4 Å². The summed E-state index contributed by atoms with van der Waals surface area (Å²) in [5.41, 5.74) is 1.65. The van der Waals surface area contributed by atoms with E-state index in [9.17, 15) is 18.0 Å². The first-order valence-electron chi connectivity index (χ1n) is 12.6. The van der Waals surface area contributed by atoms with Crippen LogP contribution in [0.1, 0.15) is 38.3 Å². The molecule has 0 aliphatic heterocycles. The van der Waals surface area contributed by atoms with Crippen LogP contribution in [-0.2, 0) is 26.2 Å². The van der Waals surface area contributed by atoms with E-state index in [1.807, 2.05) is 13.8 Å². The number of nitrogens with zero attached hydrogens (tertiary/aromatic N) is 2. The standard InChI is InChI=1S/C29H33Cl2N3O4S/c1-5-21(3)32-29(36)22(4)33(18-23-12-15-24(30)16-13-23)28(35)19-34(27-17-25(31)14-11-20(27)2)39(37,38)26-9-7-6-8-10-26/h6-17,21-22H,5,18-19H2,1-4H3,(H,32,36)/t21-,22-/m1/s1. The van der Waals surface area contributed by atoms with Crippen molar-refractivity contribution < 1.29 is 18.0 Å². The van der Waals surface area contributed by atoms with Crippen molar-refractivity contribution in [1.82, 2.24) is 10.2 Å². The third kappa shape index (κ3) is 7.75. The maximum Gasteiger partial charge on any atom is 0.264 e. The molecule has 0 bridgehead atoms. The molecule has 10 heteroatoms. The summed E-state index contributed by atoms with van der Waals surface area (Å²) in [4.78, 5) is 28.5. The monoisotopic (exact) mass is 589 g/mol. The molecule has 208 valence electrons. The number of hydrogen-bond donors (Lipinski definition) is 1. The van der Waals surface area contributed by atoms with Crippen molar-refractivity contribution >= 4 is 50.7 Å². The van der Waals surface area contributed by atoms with Crippen molar-refractivity contribution in [1.29, 1.82) is 0 Å². The third-order valence-corrected chi connectivity index (χ3v) is 8.75. The molecule has 0 aromatic heterocycles. The number of hydrogen-bond acceptors (Lipinski definition) is 4. The lowest BCUT2D eigenvalue weighted by atomic mass is 10.1. The average molecular weight is 591 g/mol. The predicted octanol–water partition coefficient (Wildman–Crippen LogP) is 5.83. The van der Waals surface area contributed by atoms with Gasteiger partial charge in [0.1, 0.15) is 12.6 Å². The largest absolute Gasteiger partial charge is 0.352 e. The number of halogens is 2. The van der Waals surface area contributed by atoms with E-state index in [4.69, 9.17) is 23.2 Å². The summed E-state index contributed by atoms with van der Waals surface area (Å²) in [7, 11) is -4.16. The Hall–Kier alpha value is -3.07. The van der Waals surface area contributed by atoms with E-state index in [-0.39, 0.29) is 29.1 Å². The number of nitrogens with one attached hydrogen (secondary N) is 1. The Bertz CT molecular complexity index is 1400. The van der Waals surface area contributed by atoms with Gasteiger partial charge in [-0.3, -0.25) is 13.9 Å². The van der Waals surface area contributed by atoms with Gasteiger partial charge in [-0.25, -0.2) is 8.42 Å². The number of carbonyl (C=O) groups excluding carboxylic acids is 2. The SMILES string of the molecule is CC[C@@H](C)NC(=O)[C@@H](C)N(Cc1ccc(Cl)cc1)C(=O)CN(c1cc(Cl)ccc1C)S(=O)(=O)c1ccccc1. The number of sulfonamides is 1. The molecule has 0 spiro atoms. The minimum absolute atomic E-state index is 0.0315. The molecule has 3 aromatic rings. The molecule has 0 heterocycles. The lowest BCUT2D eigenvalue weighted by Gasteiger charge is -2.33. The van der Waals surface area contributed by atoms with Gasteiger partial charge in [-0.05, 0) is 74.7 Å². The molecular formula is C29H33Cl2N3O4S. The predicted molar refractivity (Wildman–Crippen MR) is 157 cm³/mol. The van der Waals surface area contributed by atoms with Gasteiger partial charge in [0.2, 0.25) is 11.8 Å². The second-order valence-corrected chi connectivity index (χ2v) is 12.1. The van der Waals surface area contributed by atoms with Crippen molar-refractivity contribution in [3.05, 3.63) is 94.0 Å². The van der Waals surface area contributed by atoms with Gasteiger partial charge >= 0.3 is 0 Å². The Morgan fingerprint density at radius 2 is 1.54 bits per heavy atom. The highest BCUT2D eigenvalue weighted by Gasteiger charge is 2.33. The Kier molecular flexibility index (Phi) is 10.4. The van der Waals surface area contributed by atoms with Crippen LogP contribution < -0.4 is 9.62 Å². The molecule has 39 heavy (non-hydrogen) atoms. The minimum Gasteiger partial charge on any atom is -0.352 e. The van der Waals surface area contributed by atoms with Gasteiger partial charge in [0.05, 0.1) is 10.6 Å². The summed E-state index contributed by atoms with van der Waals surface area (Å²) in [5.74, 6) is -0.876. The van der Waals surface area contributed by atoms with Crippen molar-refractivity contribution in [2.24, 2.45) is 0 Å². The first-order valence-corrected chi connectivity index (χ1v) is 14.8. The first-order chi connectivity index (χ1) is 18.4. The number of aryl methyl sites for hydroxylation is 1. The van der Waals surface area contributed by atoms with Crippen LogP contribution in [0.25, 0.3) is 0 Å². The van der Waals surface area contributed by atoms with Crippen LogP contribution in [0.3, 0.4) is 0 Å². The molecule has 0 saturated heterocycles. The van der Waals surface area contributed by atoms with Gasteiger partial charge in [0.15, 0.2) is 0 Å². The van der Waals surface area contributed by atoms with Gasteiger partial charge < -0.3 is 10.2 Å². The second kappa shape index (κ2) is 13.3. The molecule has 2 amide bonds. The van der Waals surface area contributed by atoms with Gasteiger partial charge in [-0.15, -0.1) is 0 Å². The van der Waals surface area contributed by atoms with Gasteiger partial charge in [0.25, 0.3) is 10.0 Å². The number of rotatable bonds is 11. The quantitative estimate of drug-likeness (QED) is 0.305.